The third-order valence-corrected chi connectivity index (χ3v) is 5.27. The number of hydrogen-bond acceptors (Lipinski definition) is 3. The van der Waals surface area contributed by atoms with Gasteiger partial charge in [0.2, 0.25) is 0 Å². The van der Waals surface area contributed by atoms with E-state index in [0.29, 0.717) is 5.92 Å². The average Bonchev–Trinajstić information content (AvgIpc) is 2.68. The molecule has 3 heteroatoms. The quantitative estimate of drug-likeness (QED) is 0.883. The van der Waals surface area contributed by atoms with Crippen LogP contribution in [-0.4, -0.2) is 10.1 Å². The Kier molecular flexibility index (Phi) is 4.21. The zero-order valence-corrected chi connectivity index (χ0v) is 11.9. The van der Waals surface area contributed by atoms with Gasteiger partial charge in [-0.05, 0) is 38.5 Å². The van der Waals surface area contributed by atoms with Crippen LogP contribution in [0.1, 0.15) is 60.7 Å². The summed E-state index contributed by atoms with van der Waals surface area (Å²) in [6, 6.07) is 0. The first-order valence-electron chi connectivity index (χ1n) is 6.73. The Morgan fingerprint density at radius 2 is 1.94 bits per heavy atom. The first-order valence-corrected chi connectivity index (χ1v) is 7.55. The van der Waals surface area contributed by atoms with Crippen molar-refractivity contribution < 1.29 is 5.11 Å². The smallest absolute Gasteiger partial charge is 0.0928 e. The molecule has 0 radical (unpaired) electrons. The summed E-state index contributed by atoms with van der Waals surface area (Å²) in [5.74, 6) is 1.35. The first-order chi connectivity index (χ1) is 8.11. The number of hydrogen-bond donors (Lipinski definition) is 1. The maximum absolute atomic E-state index is 10.5. The predicted molar refractivity (Wildman–Crippen MR) is 72.3 cm³/mol. The van der Waals surface area contributed by atoms with Crippen LogP contribution in [0.25, 0.3) is 0 Å². The average molecular weight is 253 g/mol. The van der Waals surface area contributed by atoms with E-state index in [4.69, 9.17) is 0 Å². The summed E-state index contributed by atoms with van der Waals surface area (Å²) in [7, 11) is 0. The van der Waals surface area contributed by atoms with Crippen LogP contribution in [0.3, 0.4) is 0 Å². The van der Waals surface area contributed by atoms with Crippen molar-refractivity contribution in [3.8, 4) is 0 Å². The second-order valence-electron chi connectivity index (χ2n) is 5.32. The number of thiazole rings is 1. The van der Waals surface area contributed by atoms with E-state index < -0.39 is 0 Å². The third kappa shape index (κ3) is 2.89. The minimum atomic E-state index is -0.279. The van der Waals surface area contributed by atoms with Gasteiger partial charge in [-0.15, -0.1) is 11.3 Å². The second-order valence-corrected chi connectivity index (χ2v) is 6.55. The van der Waals surface area contributed by atoms with E-state index in [1.165, 1.54) is 32.1 Å². The van der Waals surface area contributed by atoms with Crippen LogP contribution in [0, 0.1) is 25.7 Å². The zero-order chi connectivity index (χ0) is 12.4. The Bertz CT molecular complexity index is 366. The lowest BCUT2D eigenvalue weighted by Crippen LogP contribution is -2.20. The topological polar surface area (TPSA) is 33.1 Å². The standard InChI is InChI=1S/C14H23NOS/c1-4-11-5-7-12(8-6-11)13(16)14-9(2)15-10(3)17-14/h11-13,16H,4-8H2,1-3H3. The molecule has 0 saturated heterocycles. The Morgan fingerprint density at radius 1 is 1.29 bits per heavy atom. The van der Waals surface area contributed by atoms with E-state index in [1.54, 1.807) is 11.3 Å². The summed E-state index contributed by atoms with van der Waals surface area (Å²) in [6.45, 7) is 6.31. The molecule has 1 aromatic rings. The van der Waals surface area contributed by atoms with Crippen molar-refractivity contribution in [2.24, 2.45) is 11.8 Å². The van der Waals surface area contributed by atoms with E-state index >= 15 is 0 Å². The van der Waals surface area contributed by atoms with Crippen molar-refractivity contribution in [3.63, 3.8) is 0 Å². The number of aryl methyl sites for hydroxylation is 2. The van der Waals surface area contributed by atoms with Crippen molar-refractivity contribution in [2.45, 2.75) is 59.0 Å². The molecule has 1 aliphatic carbocycles. The van der Waals surface area contributed by atoms with E-state index in [0.717, 1.165) is 21.5 Å². The number of aliphatic hydroxyl groups excluding tert-OH is 1. The van der Waals surface area contributed by atoms with Crippen molar-refractivity contribution >= 4 is 11.3 Å². The summed E-state index contributed by atoms with van der Waals surface area (Å²) in [6.07, 6.45) is 5.94. The summed E-state index contributed by atoms with van der Waals surface area (Å²) in [5.41, 5.74) is 1.03. The van der Waals surface area contributed by atoms with Crippen molar-refractivity contribution in [2.75, 3.05) is 0 Å². The van der Waals surface area contributed by atoms with Crippen LogP contribution in [0.4, 0.5) is 0 Å². The van der Waals surface area contributed by atoms with Crippen LogP contribution in [0.5, 0.6) is 0 Å². The molecule has 17 heavy (non-hydrogen) atoms. The highest BCUT2D eigenvalue weighted by Gasteiger charge is 2.28. The zero-order valence-electron chi connectivity index (χ0n) is 11.1. The van der Waals surface area contributed by atoms with Crippen LogP contribution < -0.4 is 0 Å². The summed E-state index contributed by atoms with van der Waals surface area (Å²) < 4.78 is 0. The Hall–Kier alpha value is -0.410. The molecule has 1 aromatic heterocycles. The molecule has 0 bridgehead atoms. The van der Waals surface area contributed by atoms with Gasteiger partial charge in [0.1, 0.15) is 0 Å². The van der Waals surface area contributed by atoms with Crippen molar-refractivity contribution in [1.82, 2.24) is 4.98 Å². The normalized spacial score (nSPS) is 27.1. The van der Waals surface area contributed by atoms with Gasteiger partial charge in [-0.1, -0.05) is 26.2 Å². The molecule has 1 atom stereocenters. The van der Waals surface area contributed by atoms with E-state index in [-0.39, 0.29) is 6.10 Å². The van der Waals surface area contributed by atoms with E-state index in [1.807, 2.05) is 13.8 Å². The Morgan fingerprint density at radius 3 is 2.41 bits per heavy atom. The van der Waals surface area contributed by atoms with Gasteiger partial charge in [-0.2, -0.15) is 0 Å². The first kappa shape index (κ1) is 13.0. The molecule has 0 aromatic carbocycles. The molecule has 96 valence electrons. The molecule has 0 aliphatic heterocycles. The molecule has 1 unspecified atom stereocenters. The molecule has 1 saturated carbocycles. The minimum Gasteiger partial charge on any atom is -0.387 e. The number of aromatic nitrogens is 1. The maximum atomic E-state index is 10.5. The fourth-order valence-electron chi connectivity index (χ4n) is 2.95. The van der Waals surface area contributed by atoms with E-state index in [9.17, 15) is 5.11 Å². The van der Waals surface area contributed by atoms with Gasteiger partial charge >= 0.3 is 0 Å². The maximum Gasteiger partial charge on any atom is 0.0928 e. The number of nitrogens with zero attached hydrogens (tertiary/aromatic N) is 1. The molecule has 1 N–H and O–H groups in total. The number of rotatable bonds is 3. The minimum absolute atomic E-state index is 0.279. The molecule has 1 heterocycles. The highest BCUT2D eigenvalue weighted by atomic mass is 32.1. The SMILES string of the molecule is CCC1CCC(C(O)c2sc(C)nc2C)CC1. The van der Waals surface area contributed by atoms with Gasteiger partial charge in [0, 0.05) is 0 Å². The molecule has 1 fully saturated rings. The van der Waals surface area contributed by atoms with Gasteiger partial charge in [-0.25, -0.2) is 4.98 Å². The van der Waals surface area contributed by atoms with Gasteiger partial charge in [0.05, 0.1) is 21.7 Å². The van der Waals surface area contributed by atoms with Crippen LogP contribution in [0.2, 0.25) is 0 Å². The van der Waals surface area contributed by atoms with E-state index in [2.05, 4.69) is 11.9 Å². The Balaban J connectivity index is 2.01. The summed E-state index contributed by atoms with van der Waals surface area (Å²) >= 11 is 1.66. The molecule has 1 aliphatic rings. The molecular weight excluding hydrogens is 230 g/mol. The van der Waals surface area contributed by atoms with Crippen molar-refractivity contribution in [1.29, 1.82) is 0 Å². The predicted octanol–water partition coefficient (Wildman–Crippen LogP) is 4.01. The largest absolute Gasteiger partial charge is 0.387 e. The third-order valence-electron chi connectivity index (χ3n) is 4.12. The lowest BCUT2D eigenvalue weighted by Gasteiger charge is -2.30. The molecule has 0 spiro atoms. The highest BCUT2D eigenvalue weighted by Crippen LogP contribution is 2.40. The lowest BCUT2D eigenvalue weighted by molar-refractivity contribution is 0.0751. The van der Waals surface area contributed by atoms with Crippen molar-refractivity contribution in [3.05, 3.63) is 15.6 Å². The molecule has 2 rings (SSSR count). The van der Waals surface area contributed by atoms with Gasteiger partial charge < -0.3 is 5.11 Å². The highest BCUT2D eigenvalue weighted by molar-refractivity contribution is 7.11. The van der Waals surface area contributed by atoms with Crippen LogP contribution in [0.15, 0.2) is 0 Å². The molecule has 2 nitrogen and oxygen atoms in total. The Labute approximate surface area is 108 Å². The fourth-order valence-corrected chi connectivity index (χ4v) is 3.96. The summed E-state index contributed by atoms with van der Waals surface area (Å²) in [4.78, 5) is 5.52. The van der Waals surface area contributed by atoms with Gasteiger partial charge in [0.15, 0.2) is 0 Å². The fraction of sp³-hybridized carbons (Fsp3) is 0.786. The number of aliphatic hydroxyl groups is 1. The monoisotopic (exact) mass is 253 g/mol. The lowest BCUT2D eigenvalue weighted by atomic mass is 9.78. The molecular formula is C14H23NOS. The summed E-state index contributed by atoms with van der Waals surface area (Å²) in [5, 5.41) is 11.5. The molecule has 0 amide bonds. The van der Waals surface area contributed by atoms with Crippen LogP contribution >= 0.6 is 11.3 Å². The van der Waals surface area contributed by atoms with Gasteiger partial charge in [0.25, 0.3) is 0 Å². The van der Waals surface area contributed by atoms with Crippen LogP contribution in [-0.2, 0) is 0 Å². The second kappa shape index (κ2) is 5.49. The van der Waals surface area contributed by atoms with Gasteiger partial charge in [-0.3, -0.25) is 0 Å².